The Labute approximate surface area is 159 Å². The molecule has 1 aliphatic rings. The van der Waals surface area contributed by atoms with Crippen molar-refractivity contribution in [3.8, 4) is 11.5 Å². The average Bonchev–Trinajstić information content (AvgIpc) is 2.70. The number of nitrogens with one attached hydrogen (secondary N) is 1. The van der Waals surface area contributed by atoms with Crippen LogP contribution in [0.5, 0.6) is 11.5 Å². The minimum Gasteiger partial charge on any atom is -0.496 e. The molecule has 0 radical (unpaired) electrons. The number of amides is 2. The quantitative estimate of drug-likeness (QED) is 0.646. The van der Waals surface area contributed by atoms with Crippen molar-refractivity contribution in [2.45, 2.75) is 18.9 Å². The smallest absolute Gasteiger partial charge is 0.261 e. The van der Waals surface area contributed by atoms with Gasteiger partial charge in [-0.25, -0.2) is 0 Å². The van der Waals surface area contributed by atoms with Crippen molar-refractivity contribution in [1.82, 2.24) is 10.2 Å². The maximum Gasteiger partial charge on any atom is 0.261 e. The summed E-state index contributed by atoms with van der Waals surface area (Å²) in [6.45, 7) is 1.96. The number of rotatable bonds is 9. The lowest BCUT2D eigenvalue weighted by Gasteiger charge is -2.33. The molecule has 1 heterocycles. The van der Waals surface area contributed by atoms with Gasteiger partial charge in [0.2, 0.25) is 5.91 Å². The van der Waals surface area contributed by atoms with Gasteiger partial charge in [0.1, 0.15) is 23.7 Å². The van der Waals surface area contributed by atoms with E-state index in [4.69, 9.17) is 18.9 Å². The minimum atomic E-state index is -0.151. The van der Waals surface area contributed by atoms with Crippen LogP contribution in [-0.4, -0.2) is 77.0 Å². The van der Waals surface area contributed by atoms with Crippen molar-refractivity contribution < 1.29 is 28.5 Å². The van der Waals surface area contributed by atoms with Gasteiger partial charge in [-0.15, -0.1) is 0 Å². The number of benzene rings is 1. The molecule has 1 saturated heterocycles. The highest BCUT2D eigenvalue weighted by molar-refractivity contribution is 5.99. The van der Waals surface area contributed by atoms with Gasteiger partial charge in [-0.1, -0.05) is 6.07 Å². The Morgan fingerprint density at radius 1 is 1.07 bits per heavy atom. The van der Waals surface area contributed by atoms with Crippen LogP contribution in [0.25, 0.3) is 0 Å². The first-order valence-corrected chi connectivity index (χ1v) is 8.97. The van der Waals surface area contributed by atoms with E-state index in [1.165, 1.54) is 14.2 Å². The van der Waals surface area contributed by atoms with Gasteiger partial charge in [-0.2, -0.15) is 0 Å². The van der Waals surface area contributed by atoms with Crippen LogP contribution in [0, 0.1) is 0 Å². The molecule has 1 aliphatic heterocycles. The summed E-state index contributed by atoms with van der Waals surface area (Å²) in [6.07, 6.45) is 1.38. The lowest BCUT2D eigenvalue weighted by atomic mass is 10.0. The molecule has 0 aromatic heterocycles. The molecule has 0 spiro atoms. The van der Waals surface area contributed by atoms with Gasteiger partial charge in [0.05, 0.1) is 27.4 Å². The number of carbonyl (C=O) groups is 2. The van der Waals surface area contributed by atoms with Crippen LogP contribution in [-0.2, 0) is 14.3 Å². The average molecular weight is 380 g/mol. The van der Waals surface area contributed by atoms with Crippen molar-refractivity contribution in [2.24, 2.45) is 0 Å². The Hall–Kier alpha value is -2.32. The van der Waals surface area contributed by atoms with Gasteiger partial charge in [0, 0.05) is 26.2 Å². The summed E-state index contributed by atoms with van der Waals surface area (Å²) in [5.74, 6) is 0.699. The van der Waals surface area contributed by atoms with E-state index in [1.54, 1.807) is 30.2 Å². The first-order chi connectivity index (χ1) is 13.1. The lowest BCUT2D eigenvalue weighted by molar-refractivity contribution is -0.127. The largest absolute Gasteiger partial charge is 0.496 e. The highest BCUT2D eigenvalue weighted by atomic mass is 16.5. The Morgan fingerprint density at radius 2 is 1.70 bits per heavy atom. The molecule has 27 heavy (non-hydrogen) atoms. The molecule has 0 atom stereocenters. The molecule has 1 fully saturated rings. The van der Waals surface area contributed by atoms with E-state index in [1.807, 2.05) is 0 Å². The van der Waals surface area contributed by atoms with Crippen molar-refractivity contribution in [2.75, 3.05) is 54.2 Å². The van der Waals surface area contributed by atoms with Crippen LogP contribution in [0.4, 0.5) is 0 Å². The predicted octanol–water partition coefficient (Wildman–Crippen LogP) is 1.09. The summed E-state index contributed by atoms with van der Waals surface area (Å²) in [7, 11) is 4.64. The van der Waals surface area contributed by atoms with Gasteiger partial charge >= 0.3 is 0 Å². The van der Waals surface area contributed by atoms with E-state index in [0.717, 1.165) is 0 Å². The van der Waals surface area contributed by atoms with Gasteiger partial charge in [-0.3, -0.25) is 9.59 Å². The normalized spacial score (nSPS) is 14.7. The maximum absolute atomic E-state index is 12.9. The lowest BCUT2D eigenvalue weighted by Crippen LogP contribution is -2.47. The van der Waals surface area contributed by atoms with E-state index in [9.17, 15) is 9.59 Å². The number of hydrogen-bond donors (Lipinski definition) is 1. The fourth-order valence-corrected chi connectivity index (χ4v) is 3.02. The van der Waals surface area contributed by atoms with E-state index in [-0.39, 0.29) is 24.5 Å². The Bertz CT molecular complexity index is 606. The number of methoxy groups -OCH3 is 3. The van der Waals surface area contributed by atoms with Crippen molar-refractivity contribution in [3.05, 3.63) is 23.8 Å². The van der Waals surface area contributed by atoms with Gasteiger partial charge < -0.3 is 29.2 Å². The molecule has 150 valence electrons. The number of nitrogens with zero attached hydrogens (tertiary/aromatic N) is 1. The van der Waals surface area contributed by atoms with Crippen LogP contribution < -0.4 is 14.8 Å². The Morgan fingerprint density at radius 3 is 2.26 bits per heavy atom. The summed E-state index contributed by atoms with van der Waals surface area (Å²) in [4.78, 5) is 26.6. The van der Waals surface area contributed by atoms with Crippen LogP contribution in [0.3, 0.4) is 0 Å². The third-order valence-electron chi connectivity index (χ3n) is 4.45. The fraction of sp³-hybridized carbons (Fsp3) is 0.579. The first kappa shape index (κ1) is 21.0. The van der Waals surface area contributed by atoms with Crippen molar-refractivity contribution in [3.63, 3.8) is 0 Å². The van der Waals surface area contributed by atoms with Crippen LogP contribution >= 0.6 is 0 Å². The third-order valence-corrected chi connectivity index (χ3v) is 4.45. The second-order valence-corrected chi connectivity index (χ2v) is 6.22. The van der Waals surface area contributed by atoms with Gasteiger partial charge in [0.25, 0.3) is 5.91 Å². The van der Waals surface area contributed by atoms with E-state index in [0.29, 0.717) is 56.2 Å². The predicted molar refractivity (Wildman–Crippen MR) is 99.3 cm³/mol. The molecule has 1 aromatic rings. The number of ether oxygens (including phenoxy) is 4. The minimum absolute atomic E-state index is 0.0148. The standard InChI is InChI=1S/C19H28N2O6/c1-24-11-12-27-13-17(22)20-14-7-9-21(10-8-14)19(23)18-15(25-2)5-4-6-16(18)26-3/h4-6,14H,7-13H2,1-3H3,(H,20,22). The molecule has 0 aliphatic carbocycles. The van der Waals surface area contributed by atoms with Crippen molar-refractivity contribution in [1.29, 1.82) is 0 Å². The summed E-state index contributed by atoms with van der Waals surface area (Å²) in [5.41, 5.74) is 0.427. The van der Waals surface area contributed by atoms with Crippen molar-refractivity contribution >= 4 is 11.8 Å². The number of likely N-dealkylation sites (tertiary alicyclic amines) is 1. The topological polar surface area (TPSA) is 86.3 Å². The van der Waals surface area contributed by atoms with Gasteiger partial charge in [-0.05, 0) is 25.0 Å². The summed E-state index contributed by atoms with van der Waals surface area (Å²) in [5, 5.41) is 2.95. The van der Waals surface area contributed by atoms with E-state index < -0.39 is 0 Å². The molecule has 1 N–H and O–H groups in total. The molecule has 0 unspecified atom stereocenters. The molecule has 8 nitrogen and oxygen atoms in total. The maximum atomic E-state index is 12.9. The van der Waals surface area contributed by atoms with Crippen LogP contribution in [0.1, 0.15) is 23.2 Å². The summed E-state index contributed by atoms with van der Waals surface area (Å²) in [6, 6.07) is 5.30. The Kier molecular flexibility index (Phi) is 8.35. The van der Waals surface area contributed by atoms with E-state index in [2.05, 4.69) is 5.32 Å². The molecule has 0 saturated carbocycles. The highest BCUT2D eigenvalue weighted by Crippen LogP contribution is 2.30. The van der Waals surface area contributed by atoms with E-state index >= 15 is 0 Å². The van der Waals surface area contributed by atoms with Crippen LogP contribution in [0.2, 0.25) is 0 Å². The summed E-state index contributed by atoms with van der Waals surface area (Å²) >= 11 is 0. The first-order valence-electron chi connectivity index (χ1n) is 8.97. The molecule has 8 heteroatoms. The fourth-order valence-electron chi connectivity index (χ4n) is 3.02. The zero-order valence-electron chi connectivity index (χ0n) is 16.2. The molecule has 2 amide bonds. The molecular formula is C19H28N2O6. The molecule has 2 rings (SSSR count). The molecular weight excluding hydrogens is 352 g/mol. The second kappa shape index (κ2) is 10.7. The third kappa shape index (κ3) is 5.83. The number of carbonyl (C=O) groups excluding carboxylic acids is 2. The highest BCUT2D eigenvalue weighted by Gasteiger charge is 2.28. The summed E-state index contributed by atoms with van der Waals surface area (Å²) < 4.78 is 20.7. The molecule has 0 bridgehead atoms. The second-order valence-electron chi connectivity index (χ2n) is 6.22. The molecule has 1 aromatic carbocycles. The zero-order chi connectivity index (χ0) is 19.6. The number of hydrogen-bond acceptors (Lipinski definition) is 6. The SMILES string of the molecule is COCCOCC(=O)NC1CCN(C(=O)c2c(OC)cccc2OC)CC1. The van der Waals surface area contributed by atoms with Crippen LogP contribution in [0.15, 0.2) is 18.2 Å². The van der Waals surface area contributed by atoms with Gasteiger partial charge in [0.15, 0.2) is 0 Å². The zero-order valence-corrected chi connectivity index (χ0v) is 16.2. The Balaban J connectivity index is 1.87. The number of piperidine rings is 1. The monoisotopic (exact) mass is 380 g/mol.